The lowest BCUT2D eigenvalue weighted by atomic mass is 10.2. The summed E-state index contributed by atoms with van der Waals surface area (Å²) in [5.41, 5.74) is -0.103. The number of carbonyl (C=O) groups is 2. The van der Waals surface area contributed by atoms with Crippen molar-refractivity contribution in [2.45, 2.75) is 0 Å². The Kier molecular flexibility index (Phi) is 3.42. The maximum atomic E-state index is 11.8. The van der Waals surface area contributed by atoms with Gasteiger partial charge in [0.05, 0.1) is 4.92 Å². The van der Waals surface area contributed by atoms with E-state index in [0.29, 0.717) is 0 Å². The second kappa shape index (κ2) is 5.18. The van der Waals surface area contributed by atoms with Crippen LogP contribution in [-0.2, 0) is 0 Å². The van der Waals surface area contributed by atoms with E-state index in [2.05, 4.69) is 15.5 Å². The first kappa shape index (κ1) is 13.2. The number of carboxylic acid groups (broad SMARTS) is 1. The van der Waals surface area contributed by atoms with E-state index in [0.717, 1.165) is 6.07 Å². The molecule has 0 saturated carbocycles. The number of nitrogens with zero attached hydrogens (tertiary/aromatic N) is 2. The number of H-pyrrole nitrogens is 1. The molecule has 1 aromatic carbocycles. The first-order chi connectivity index (χ1) is 9.47. The monoisotopic (exact) mass is 276 g/mol. The van der Waals surface area contributed by atoms with Gasteiger partial charge in [-0.2, -0.15) is 5.10 Å². The van der Waals surface area contributed by atoms with Gasteiger partial charge in [-0.25, -0.2) is 4.79 Å². The molecular formula is C11H8N4O5. The number of carbonyl (C=O) groups excluding carboxylic acids is 1. The number of anilines is 1. The number of carboxylic acids is 1. The Labute approximate surface area is 111 Å². The van der Waals surface area contributed by atoms with Gasteiger partial charge in [0.15, 0.2) is 5.82 Å². The van der Waals surface area contributed by atoms with E-state index in [-0.39, 0.29) is 22.8 Å². The molecule has 20 heavy (non-hydrogen) atoms. The van der Waals surface area contributed by atoms with Crippen molar-refractivity contribution in [2.75, 3.05) is 5.32 Å². The van der Waals surface area contributed by atoms with Crippen LogP contribution in [0.15, 0.2) is 30.3 Å². The fourth-order valence-corrected chi connectivity index (χ4v) is 1.42. The first-order valence-electron chi connectivity index (χ1n) is 5.32. The van der Waals surface area contributed by atoms with Crippen molar-refractivity contribution in [1.82, 2.24) is 10.2 Å². The van der Waals surface area contributed by atoms with Gasteiger partial charge in [0, 0.05) is 23.8 Å². The number of nitro benzene ring substituents is 1. The minimum atomic E-state index is -1.20. The Bertz CT molecular complexity index is 676. The highest BCUT2D eigenvalue weighted by Gasteiger charge is 2.12. The van der Waals surface area contributed by atoms with Gasteiger partial charge in [0.1, 0.15) is 5.69 Å². The molecule has 0 aliphatic rings. The van der Waals surface area contributed by atoms with Crippen LogP contribution in [0.25, 0.3) is 0 Å². The lowest BCUT2D eigenvalue weighted by Gasteiger charge is -2.01. The third-order valence-electron chi connectivity index (χ3n) is 2.39. The molecular weight excluding hydrogens is 268 g/mol. The molecule has 2 rings (SSSR count). The van der Waals surface area contributed by atoms with Crippen LogP contribution in [0.2, 0.25) is 0 Å². The molecule has 3 N–H and O–H groups in total. The zero-order valence-electron chi connectivity index (χ0n) is 9.86. The molecule has 2 aromatic rings. The summed E-state index contributed by atoms with van der Waals surface area (Å²) < 4.78 is 0. The van der Waals surface area contributed by atoms with Crippen molar-refractivity contribution in [3.8, 4) is 0 Å². The molecule has 0 fully saturated rings. The molecule has 102 valence electrons. The predicted molar refractivity (Wildman–Crippen MR) is 66.6 cm³/mol. The molecule has 9 heteroatoms. The lowest BCUT2D eigenvalue weighted by molar-refractivity contribution is -0.384. The Morgan fingerprint density at radius 2 is 1.95 bits per heavy atom. The number of hydrogen-bond donors (Lipinski definition) is 3. The molecule has 0 spiro atoms. The molecule has 1 amide bonds. The highest BCUT2D eigenvalue weighted by atomic mass is 16.6. The van der Waals surface area contributed by atoms with E-state index in [4.69, 9.17) is 5.11 Å². The Balaban J connectivity index is 2.11. The van der Waals surface area contributed by atoms with Crippen LogP contribution in [0, 0.1) is 10.1 Å². The van der Waals surface area contributed by atoms with Crippen LogP contribution in [0.5, 0.6) is 0 Å². The number of aromatic nitrogens is 2. The van der Waals surface area contributed by atoms with Gasteiger partial charge in [-0.3, -0.25) is 20.0 Å². The van der Waals surface area contributed by atoms with Crippen molar-refractivity contribution in [2.24, 2.45) is 0 Å². The second-order valence-electron chi connectivity index (χ2n) is 3.73. The highest BCUT2D eigenvalue weighted by molar-refractivity contribution is 6.04. The largest absolute Gasteiger partial charge is 0.477 e. The van der Waals surface area contributed by atoms with E-state index in [1.807, 2.05) is 0 Å². The summed E-state index contributed by atoms with van der Waals surface area (Å²) in [6.45, 7) is 0. The van der Waals surface area contributed by atoms with E-state index >= 15 is 0 Å². The van der Waals surface area contributed by atoms with E-state index in [1.54, 1.807) is 0 Å². The van der Waals surface area contributed by atoms with Gasteiger partial charge < -0.3 is 10.4 Å². The molecule has 0 radical (unpaired) electrons. The highest BCUT2D eigenvalue weighted by Crippen LogP contribution is 2.13. The van der Waals surface area contributed by atoms with Crippen LogP contribution in [0.3, 0.4) is 0 Å². The van der Waals surface area contributed by atoms with Crippen molar-refractivity contribution in [1.29, 1.82) is 0 Å². The summed E-state index contributed by atoms with van der Waals surface area (Å²) in [7, 11) is 0. The average molecular weight is 276 g/mol. The molecule has 1 heterocycles. The van der Waals surface area contributed by atoms with Gasteiger partial charge >= 0.3 is 5.97 Å². The average Bonchev–Trinajstić information content (AvgIpc) is 2.87. The molecule has 0 saturated heterocycles. The van der Waals surface area contributed by atoms with Gasteiger partial charge in [0.2, 0.25) is 0 Å². The number of amides is 1. The molecule has 0 unspecified atom stereocenters. The third-order valence-corrected chi connectivity index (χ3v) is 2.39. The number of rotatable bonds is 4. The van der Waals surface area contributed by atoms with E-state index in [1.165, 1.54) is 24.3 Å². The Morgan fingerprint density at radius 3 is 2.45 bits per heavy atom. The molecule has 9 nitrogen and oxygen atoms in total. The van der Waals surface area contributed by atoms with Gasteiger partial charge in [-0.15, -0.1) is 0 Å². The maximum Gasteiger partial charge on any atom is 0.353 e. The zero-order chi connectivity index (χ0) is 14.7. The number of aromatic amines is 1. The lowest BCUT2D eigenvalue weighted by Crippen LogP contribution is -2.12. The zero-order valence-corrected chi connectivity index (χ0v) is 9.86. The topological polar surface area (TPSA) is 138 Å². The summed E-state index contributed by atoms with van der Waals surface area (Å²) in [5, 5.41) is 27.4. The number of benzene rings is 1. The first-order valence-corrected chi connectivity index (χ1v) is 5.32. The Hall–Kier alpha value is -3.23. The fourth-order valence-electron chi connectivity index (χ4n) is 1.42. The summed E-state index contributed by atoms with van der Waals surface area (Å²) in [4.78, 5) is 32.3. The van der Waals surface area contributed by atoms with Crippen LogP contribution in [0.1, 0.15) is 20.8 Å². The van der Waals surface area contributed by atoms with Gasteiger partial charge in [-0.1, -0.05) is 0 Å². The van der Waals surface area contributed by atoms with Crippen molar-refractivity contribution >= 4 is 23.4 Å². The standard InChI is InChI=1S/C11H8N4O5/c16-10(6-1-3-7(4-2-6)15(19)20)12-9-5-8(11(17)18)13-14-9/h1-5H,(H,17,18)(H2,12,13,14,16). The van der Waals surface area contributed by atoms with Crippen molar-refractivity contribution < 1.29 is 19.6 Å². The summed E-state index contributed by atoms with van der Waals surface area (Å²) in [6, 6.07) is 6.13. The summed E-state index contributed by atoms with van der Waals surface area (Å²) in [5.74, 6) is -1.71. The van der Waals surface area contributed by atoms with Crippen LogP contribution in [0.4, 0.5) is 11.5 Å². The SMILES string of the molecule is O=C(Nc1cc(C(=O)O)[nH]n1)c1ccc([N+](=O)[O-])cc1. The molecule has 0 bridgehead atoms. The molecule has 0 aliphatic carbocycles. The van der Waals surface area contributed by atoms with Crippen LogP contribution in [-0.4, -0.2) is 32.1 Å². The quantitative estimate of drug-likeness (QED) is 0.567. The van der Waals surface area contributed by atoms with Crippen LogP contribution >= 0.6 is 0 Å². The van der Waals surface area contributed by atoms with Crippen molar-refractivity contribution in [3.63, 3.8) is 0 Å². The number of aromatic carboxylic acids is 1. The minimum Gasteiger partial charge on any atom is -0.477 e. The number of non-ortho nitro benzene ring substituents is 1. The molecule has 0 atom stereocenters. The smallest absolute Gasteiger partial charge is 0.353 e. The number of nitro groups is 1. The van der Waals surface area contributed by atoms with E-state index < -0.39 is 16.8 Å². The summed E-state index contributed by atoms with van der Waals surface area (Å²) in [6.07, 6.45) is 0. The fraction of sp³-hybridized carbons (Fsp3) is 0. The minimum absolute atomic E-state index is 0.0470. The normalized spacial score (nSPS) is 10.0. The third kappa shape index (κ3) is 2.77. The van der Waals surface area contributed by atoms with Gasteiger partial charge in [-0.05, 0) is 12.1 Å². The van der Waals surface area contributed by atoms with Crippen molar-refractivity contribution in [3.05, 3.63) is 51.7 Å². The van der Waals surface area contributed by atoms with Gasteiger partial charge in [0.25, 0.3) is 11.6 Å². The van der Waals surface area contributed by atoms with Crippen LogP contribution < -0.4 is 5.32 Å². The Morgan fingerprint density at radius 1 is 1.30 bits per heavy atom. The number of hydrogen-bond acceptors (Lipinski definition) is 5. The van der Waals surface area contributed by atoms with E-state index in [9.17, 15) is 19.7 Å². The summed E-state index contributed by atoms with van der Waals surface area (Å²) >= 11 is 0. The second-order valence-corrected chi connectivity index (χ2v) is 3.73. The number of nitrogens with one attached hydrogen (secondary N) is 2. The predicted octanol–water partition coefficient (Wildman–Crippen LogP) is 1.27. The molecule has 0 aliphatic heterocycles. The molecule has 1 aromatic heterocycles. The maximum absolute atomic E-state index is 11.8.